The van der Waals surface area contributed by atoms with Gasteiger partial charge in [0.25, 0.3) is 0 Å². The van der Waals surface area contributed by atoms with Crippen molar-refractivity contribution in [2.45, 2.75) is 70.6 Å². The molecule has 0 spiro atoms. The van der Waals surface area contributed by atoms with Gasteiger partial charge >= 0.3 is 0 Å². The quantitative estimate of drug-likeness (QED) is 0.247. The van der Waals surface area contributed by atoms with Crippen LogP contribution in [-0.4, -0.2) is 66.2 Å². The molecule has 3 aromatic carbocycles. The molecule has 0 amide bonds. The van der Waals surface area contributed by atoms with Crippen LogP contribution in [0.3, 0.4) is 0 Å². The Hall–Kier alpha value is -3.00. The van der Waals surface area contributed by atoms with Gasteiger partial charge in [-0.1, -0.05) is 61.3 Å². The first kappa shape index (κ1) is 28.1. The maximum atomic E-state index is 16.8. The summed E-state index contributed by atoms with van der Waals surface area (Å²) in [4.78, 5) is 14.2. The first-order chi connectivity index (χ1) is 19.7. The molecule has 6 nitrogen and oxygen atoms in total. The van der Waals surface area contributed by atoms with Gasteiger partial charge in [0, 0.05) is 48.2 Å². The maximum Gasteiger partial charge on any atom is 0.228 e. The Morgan fingerprint density at radius 1 is 1.10 bits per heavy atom. The summed E-state index contributed by atoms with van der Waals surface area (Å²) in [6.45, 7) is 8.11. The van der Waals surface area contributed by atoms with Crippen LogP contribution in [0.4, 0.5) is 16.2 Å². The van der Waals surface area contributed by atoms with Crippen molar-refractivity contribution in [3.05, 3.63) is 58.9 Å². The first-order valence-corrected chi connectivity index (χ1v) is 15.2. The summed E-state index contributed by atoms with van der Waals surface area (Å²) in [5, 5.41) is 10.5. The zero-order valence-electron chi connectivity index (χ0n) is 24.6. The zero-order valence-corrected chi connectivity index (χ0v) is 25.4. The molecular formula is C33H40ClFN6. The Morgan fingerprint density at radius 2 is 1.88 bits per heavy atom. The highest BCUT2D eigenvalue weighted by atomic mass is 35.5. The lowest BCUT2D eigenvalue weighted by atomic mass is 9.92. The third kappa shape index (κ3) is 5.47. The van der Waals surface area contributed by atoms with E-state index < -0.39 is 5.82 Å². The molecule has 2 aliphatic heterocycles. The highest BCUT2D eigenvalue weighted by Gasteiger charge is 2.32. The number of fused-ring (bicyclic) bond motifs is 2. The largest absolute Gasteiger partial charge is 0.367 e. The molecule has 8 heteroatoms. The third-order valence-electron chi connectivity index (χ3n) is 8.73. The zero-order chi connectivity index (χ0) is 28.8. The van der Waals surface area contributed by atoms with Crippen molar-refractivity contribution in [3.8, 4) is 11.1 Å². The lowest BCUT2D eigenvalue weighted by molar-refractivity contribution is 0.245. The molecule has 3 atom stereocenters. The molecule has 1 aromatic heterocycles. The van der Waals surface area contributed by atoms with E-state index in [9.17, 15) is 0 Å². The number of hydrogen-bond donors (Lipinski definition) is 2. The highest BCUT2D eigenvalue weighted by Crippen LogP contribution is 2.41. The molecule has 0 radical (unpaired) electrons. The SMILES string of the molecule is CCCC1CC(Nc2nc(N3CC(N(C)C)C3)nc3c(F)c(-c4cc(C)cc5ccccc45)c(Cl)cc23)CC(C)N1. The number of nitrogens with one attached hydrogen (secondary N) is 2. The van der Waals surface area contributed by atoms with E-state index in [1.54, 1.807) is 0 Å². The predicted octanol–water partition coefficient (Wildman–Crippen LogP) is 7.02. The van der Waals surface area contributed by atoms with E-state index in [-0.39, 0.29) is 6.04 Å². The van der Waals surface area contributed by atoms with Gasteiger partial charge in [-0.25, -0.2) is 9.37 Å². The molecule has 2 fully saturated rings. The van der Waals surface area contributed by atoms with Crippen LogP contribution in [0.5, 0.6) is 0 Å². The average molecular weight is 575 g/mol. The summed E-state index contributed by atoms with van der Waals surface area (Å²) in [5.41, 5.74) is 2.54. The summed E-state index contributed by atoms with van der Waals surface area (Å²) < 4.78 is 16.8. The number of anilines is 2. The summed E-state index contributed by atoms with van der Waals surface area (Å²) in [6.07, 6.45) is 4.23. The van der Waals surface area contributed by atoms with Crippen LogP contribution < -0.4 is 15.5 Å². The molecule has 3 heterocycles. The van der Waals surface area contributed by atoms with Crippen LogP contribution in [0.1, 0.15) is 45.1 Å². The second-order valence-electron chi connectivity index (χ2n) is 12.2. The van der Waals surface area contributed by atoms with Gasteiger partial charge in [-0.05, 0) is 75.2 Å². The van der Waals surface area contributed by atoms with E-state index in [0.717, 1.165) is 60.7 Å². The molecule has 216 valence electrons. The van der Waals surface area contributed by atoms with Gasteiger partial charge in [-0.2, -0.15) is 4.98 Å². The molecule has 4 aromatic rings. The van der Waals surface area contributed by atoms with Crippen molar-refractivity contribution in [2.75, 3.05) is 37.4 Å². The van der Waals surface area contributed by atoms with Crippen molar-refractivity contribution in [1.29, 1.82) is 0 Å². The van der Waals surface area contributed by atoms with Crippen molar-refractivity contribution in [2.24, 2.45) is 0 Å². The van der Waals surface area contributed by atoms with Gasteiger partial charge in [0.05, 0.1) is 5.02 Å². The van der Waals surface area contributed by atoms with E-state index in [0.29, 0.717) is 51.4 Å². The lowest BCUT2D eigenvalue weighted by Crippen LogP contribution is -2.58. The number of aromatic nitrogens is 2. The monoisotopic (exact) mass is 574 g/mol. The number of rotatable bonds is 7. The summed E-state index contributed by atoms with van der Waals surface area (Å²) in [6, 6.07) is 15.5. The van der Waals surface area contributed by atoms with Gasteiger partial charge in [0.1, 0.15) is 11.3 Å². The summed E-state index contributed by atoms with van der Waals surface area (Å²) in [7, 11) is 4.17. The number of piperidine rings is 1. The van der Waals surface area contributed by atoms with Crippen LogP contribution in [0.15, 0.2) is 42.5 Å². The van der Waals surface area contributed by atoms with Crippen LogP contribution in [0, 0.1) is 12.7 Å². The van der Waals surface area contributed by atoms with Crippen molar-refractivity contribution < 1.29 is 4.39 Å². The number of aryl methyl sites for hydroxylation is 1. The van der Waals surface area contributed by atoms with Crippen LogP contribution in [0.2, 0.25) is 5.02 Å². The van der Waals surface area contributed by atoms with Gasteiger partial charge in [-0.3, -0.25) is 0 Å². The minimum absolute atomic E-state index is 0.224. The van der Waals surface area contributed by atoms with E-state index in [2.05, 4.69) is 60.5 Å². The minimum Gasteiger partial charge on any atom is -0.367 e. The topological polar surface area (TPSA) is 56.3 Å². The van der Waals surface area contributed by atoms with Crippen LogP contribution >= 0.6 is 11.6 Å². The number of hydrogen-bond acceptors (Lipinski definition) is 6. The molecule has 0 bridgehead atoms. The second kappa shape index (κ2) is 11.3. The first-order valence-electron chi connectivity index (χ1n) is 14.8. The Kier molecular flexibility index (Phi) is 7.79. The maximum absolute atomic E-state index is 16.8. The standard InChI is InChI=1S/C33H40ClFN6/c1-6-9-22-15-23(14-20(3)36-22)37-32-27-16-28(34)29(26-13-19(2)12-21-10-7-8-11-25(21)26)30(35)31(27)38-33(39-32)41-17-24(18-41)40(4)5/h7-8,10-13,16,20,22-24,36H,6,9,14-15,17-18H2,1-5H3,(H,37,38,39). The van der Waals surface area contributed by atoms with Gasteiger partial charge in [0.2, 0.25) is 5.95 Å². The Morgan fingerprint density at radius 3 is 2.63 bits per heavy atom. The van der Waals surface area contributed by atoms with Gasteiger partial charge in [-0.15, -0.1) is 0 Å². The fraction of sp³-hybridized carbons (Fsp3) is 0.455. The Balaban J connectivity index is 1.48. The number of likely N-dealkylation sites (N-methyl/N-ethyl adjacent to an activating group) is 1. The molecule has 0 saturated carbocycles. The number of nitrogens with zero attached hydrogens (tertiary/aromatic N) is 4. The van der Waals surface area contributed by atoms with Crippen LogP contribution in [-0.2, 0) is 0 Å². The van der Waals surface area contributed by atoms with Crippen molar-refractivity contribution in [3.63, 3.8) is 0 Å². The lowest BCUT2D eigenvalue weighted by Gasteiger charge is -2.43. The number of benzene rings is 3. The Labute approximate surface area is 247 Å². The average Bonchev–Trinajstić information content (AvgIpc) is 2.88. The Bertz CT molecular complexity index is 1580. The minimum atomic E-state index is -0.401. The fourth-order valence-electron chi connectivity index (χ4n) is 6.56. The van der Waals surface area contributed by atoms with E-state index in [1.807, 2.05) is 37.3 Å². The van der Waals surface area contributed by atoms with E-state index in [1.165, 1.54) is 0 Å². The molecule has 6 rings (SSSR count). The third-order valence-corrected chi connectivity index (χ3v) is 9.03. The van der Waals surface area contributed by atoms with Crippen molar-refractivity contribution in [1.82, 2.24) is 20.2 Å². The molecule has 3 unspecified atom stereocenters. The van der Waals surface area contributed by atoms with Crippen LogP contribution in [0.25, 0.3) is 32.8 Å². The molecular weight excluding hydrogens is 535 g/mol. The fourth-order valence-corrected chi connectivity index (χ4v) is 6.85. The normalized spacial score (nSPS) is 21.6. The van der Waals surface area contributed by atoms with Crippen molar-refractivity contribution >= 4 is 45.0 Å². The molecule has 41 heavy (non-hydrogen) atoms. The van der Waals surface area contributed by atoms with E-state index in [4.69, 9.17) is 21.6 Å². The number of halogens is 2. The molecule has 0 aliphatic carbocycles. The summed E-state index contributed by atoms with van der Waals surface area (Å²) in [5.74, 6) is 0.822. The highest BCUT2D eigenvalue weighted by molar-refractivity contribution is 6.35. The molecule has 2 N–H and O–H groups in total. The molecule has 2 saturated heterocycles. The van der Waals surface area contributed by atoms with E-state index >= 15 is 4.39 Å². The predicted molar refractivity (Wildman–Crippen MR) is 170 cm³/mol. The van der Waals surface area contributed by atoms with Gasteiger partial charge < -0.3 is 20.4 Å². The second-order valence-corrected chi connectivity index (χ2v) is 12.6. The smallest absolute Gasteiger partial charge is 0.228 e. The van der Waals surface area contributed by atoms with Gasteiger partial charge in [0.15, 0.2) is 5.82 Å². The molecule has 2 aliphatic rings. The summed E-state index contributed by atoms with van der Waals surface area (Å²) >= 11 is 6.94.